The predicted molar refractivity (Wildman–Crippen MR) is 84.2 cm³/mol. The van der Waals surface area contributed by atoms with Crippen molar-refractivity contribution in [3.8, 4) is 11.4 Å². The second-order valence-electron chi connectivity index (χ2n) is 4.81. The fraction of sp³-hybridized carbons (Fsp3) is 0.133. The summed E-state index contributed by atoms with van der Waals surface area (Å²) >= 11 is 0. The highest BCUT2D eigenvalue weighted by Gasteiger charge is 2.16. The minimum atomic E-state index is -3.31. The third kappa shape index (κ3) is 2.38. The van der Waals surface area contributed by atoms with Crippen LogP contribution in [0.5, 0.6) is 0 Å². The van der Waals surface area contributed by atoms with E-state index in [4.69, 9.17) is 0 Å². The van der Waals surface area contributed by atoms with Crippen molar-refractivity contribution in [2.75, 3.05) is 18.6 Å². The van der Waals surface area contributed by atoms with E-state index >= 15 is 0 Å². The van der Waals surface area contributed by atoms with Crippen LogP contribution in [0.2, 0.25) is 0 Å². The van der Waals surface area contributed by atoms with E-state index in [9.17, 15) is 8.42 Å². The lowest BCUT2D eigenvalue weighted by molar-refractivity contribution is 0.602. The summed E-state index contributed by atoms with van der Waals surface area (Å²) in [6.07, 6.45) is 1.19. The summed E-state index contributed by atoms with van der Waals surface area (Å²) in [5.74, 6) is 0.644. The molecule has 3 aromatic rings. The number of hydrogen-bond donors (Lipinski definition) is 2. The van der Waals surface area contributed by atoms with Crippen molar-refractivity contribution in [1.29, 1.82) is 0 Å². The van der Waals surface area contributed by atoms with Crippen molar-refractivity contribution in [2.45, 2.75) is 4.90 Å². The molecular formula is C15H15N3O2S. The monoisotopic (exact) mass is 301 g/mol. The Morgan fingerprint density at radius 2 is 1.86 bits per heavy atom. The van der Waals surface area contributed by atoms with Crippen LogP contribution in [0.1, 0.15) is 0 Å². The molecule has 0 atom stereocenters. The third-order valence-electron chi connectivity index (χ3n) is 3.33. The largest absolute Gasteiger partial charge is 0.388 e. The van der Waals surface area contributed by atoms with Gasteiger partial charge in [0.1, 0.15) is 11.3 Å². The van der Waals surface area contributed by atoms with Gasteiger partial charge in [0.15, 0.2) is 9.84 Å². The van der Waals surface area contributed by atoms with Crippen LogP contribution in [0.15, 0.2) is 47.4 Å². The zero-order chi connectivity index (χ0) is 15.0. The first-order chi connectivity index (χ1) is 10.0. The van der Waals surface area contributed by atoms with Crippen LogP contribution in [-0.4, -0.2) is 31.7 Å². The van der Waals surface area contributed by atoms with Gasteiger partial charge in [0.25, 0.3) is 0 Å². The van der Waals surface area contributed by atoms with Crippen LogP contribution in [-0.2, 0) is 9.84 Å². The Morgan fingerprint density at radius 1 is 1.10 bits per heavy atom. The van der Waals surface area contributed by atoms with Gasteiger partial charge in [-0.15, -0.1) is 0 Å². The molecule has 108 valence electrons. The van der Waals surface area contributed by atoms with Crippen molar-refractivity contribution in [3.05, 3.63) is 42.5 Å². The van der Waals surface area contributed by atoms with Crippen molar-refractivity contribution < 1.29 is 8.42 Å². The normalized spacial score (nSPS) is 11.7. The quantitative estimate of drug-likeness (QED) is 0.780. The molecule has 2 N–H and O–H groups in total. The number of aromatic nitrogens is 2. The average molecular weight is 301 g/mol. The number of aromatic amines is 1. The zero-order valence-electron chi connectivity index (χ0n) is 11.7. The molecule has 0 amide bonds. The summed E-state index contributed by atoms with van der Waals surface area (Å²) < 4.78 is 23.7. The zero-order valence-corrected chi connectivity index (χ0v) is 12.5. The number of sulfone groups is 1. The van der Waals surface area contributed by atoms with Crippen LogP contribution < -0.4 is 5.32 Å². The molecule has 3 rings (SSSR count). The number of fused-ring (bicyclic) bond motifs is 1. The Balaban J connectivity index is 2.27. The lowest BCUT2D eigenvalue weighted by atomic mass is 10.1. The first-order valence-corrected chi connectivity index (χ1v) is 8.36. The van der Waals surface area contributed by atoms with E-state index < -0.39 is 9.84 Å². The molecule has 0 aliphatic carbocycles. The number of nitrogens with one attached hydrogen (secondary N) is 2. The second-order valence-corrected chi connectivity index (χ2v) is 6.79. The number of anilines is 1. The van der Waals surface area contributed by atoms with Crippen LogP contribution in [0.4, 0.5) is 5.69 Å². The van der Waals surface area contributed by atoms with E-state index in [0.29, 0.717) is 16.9 Å². The summed E-state index contributed by atoms with van der Waals surface area (Å²) in [7, 11) is -1.48. The van der Waals surface area contributed by atoms with Gasteiger partial charge in [0.2, 0.25) is 0 Å². The van der Waals surface area contributed by atoms with E-state index in [0.717, 1.165) is 11.3 Å². The molecule has 21 heavy (non-hydrogen) atoms. The lowest BCUT2D eigenvalue weighted by Gasteiger charge is -2.05. The van der Waals surface area contributed by atoms with Gasteiger partial charge in [-0.05, 0) is 24.3 Å². The highest BCUT2D eigenvalue weighted by atomic mass is 32.2. The van der Waals surface area contributed by atoms with Crippen molar-refractivity contribution in [1.82, 2.24) is 9.97 Å². The summed E-state index contributed by atoms with van der Waals surface area (Å²) in [6, 6.07) is 12.8. The molecule has 0 bridgehead atoms. The van der Waals surface area contributed by atoms with Gasteiger partial charge < -0.3 is 10.3 Å². The molecule has 0 spiro atoms. The number of hydrogen-bond acceptors (Lipinski definition) is 4. The maximum absolute atomic E-state index is 11.8. The summed E-state index contributed by atoms with van der Waals surface area (Å²) in [5.41, 5.74) is 3.01. The standard InChI is InChI=1S/C15H15N3O2S/c1-16-11-7-4-3-6-10(11)15-17-12-8-5-9-13(14(12)18-15)21(2,19)20/h3-9,16H,1-2H3,(H,17,18). The summed E-state index contributed by atoms with van der Waals surface area (Å²) in [4.78, 5) is 7.91. The van der Waals surface area contributed by atoms with Crippen molar-refractivity contribution in [3.63, 3.8) is 0 Å². The summed E-state index contributed by atoms with van der Waals surface area (Å²) in [5, 5.41) is 3.10. The number of rotatable bonds is 3. The van der Waals surface area contributed by atoms with Gasteiger partial charge in [0.05, 0.1) is 10.4 Å². The van der Waals surface area contributed by atoms with Gasteiger partial charge in [-0.3, -0.25) is 0 Å². The van der Waals surface area contributed by atoms with E-state index in [2.05, 4.69) is 15.3 Å². The van der Waals surface area contributed by atoms with Gasteiger partial charge in [-0.2, -0.15) is 0 Å². The number of nitrogens with zero attached hydrogens (tertiary/aromatic N) is 1. The fourth-order valence-corrected chi connectivity index (χ4v) is 3.17. The van der Waals surface area contributed by atoms with Gasteiger partial charge in [-0.1, -0.05) is 18.2 Å². The fourth-order valence-electron chi connectivity index (χ4n) is 2.34. The molecule has 0 radical (unpaired) electrons. The third-order valence-corrected chi connectivity index (χ3v) is 4.46. The molecular weight excluding hydrogens is 286 g/mol. The molecule has 0 unspecified atom stereocenters. The number of imidazole rings is 1. The Labute approximate surface area is 123 Å². The van der Waals surface area contributed by atoms with Gasteiger partial charge in [-0.25, -0.2) is 13.4 Å². The van der Waals surface area contributed by atoms with E-state index in [1.807, 2.05) is 37.4 Å². The van der Waals surface area contributed by atoms with Crippen LogP contribution in [0.25, 0.3) is 22.4 Å². The Kier molecular flexibility index (Phi) is 3.17. The minimum Gasteiger partial charge on any atom is -0.388 e. The molecule has 0 fully saturated rings. The molecule has 2 aromatic carbocycles. The summed E-state index contributed by atoms with van der Waals surface area (Å²) in [6.45, 7) is 0. The number of H-pyrrole nitrogens is 1. The van der Waals surface area contributed by atoms with Crippen LogP contribution in [0.3, 0.4) is 0 Å². The minimum absolute atomic E-state index is 0.240. The second kappa shape index (κ2) is 4.89. The van der Waals surface area contributed by atoms with E-state index in [1.165, 1.54) is 6.26 Å². The Hall–Kier alpha value is -2.34. The maximum atomic E-state index is 11.8. The molecule has 0 saturated heterocycles. The van der Waals surface area contributed by atoms with E-state index in [-0.39, 0.29) is 4.90 Å². The average Bonchev–Trinajstić information content (AvgIpc) is 2.89. The predicted octanol–water partition coefficient (Wildman–Crippen LogP) is 2.68. The molecule has 0 saturated carbocycles. The van der Waals surface area contributed by atoms with Crippen LogP contribution in [0, 0.1) is 0 Å². The maximum Gasteiger partial charge on any atom is 0.177 e. The molecule has 0 aliphatic heterocycles. The highest BCUT2D eigenvalue weighted by Crippen LogP contribution is 2.29. The van der Waals surface area contributed by atoms with Crippen molar-refractivity contribution in [2.24, 2.45) is 0 Å². The Morgan fingerprint density at radius 3 is 2.57 bits per heavy atom. The molecule has 6 heteroatoms. The van der Waals surface area contributed by atoms with Crippen molar-refractivity contribution >= 4 is 26.6 Å². The molecule has 1 heterocycles. The topological polar surface area (TPSA) is 74.8 Å². The Bertz CT molecular complexity index is 914. The first-order valence-electron chi connectivity index (χ1n) is 6.46. The smallest absolute Gasteiger partial charge is 0.177 e. The SMILES string of the molecule is CNc1ccccc1-c1nc2c(S(C)(=O)=O)cccc2[nH]1. The molecule has 1 aromatic heterocycles. The number of para-hydroxylation sites is 2. The van der Waals surface area contributed by atoms with E-state index in [1.54, 1.807) is 12.1 Å². The first kappa shape index (κ1) is 13.6. The number of benzene rings is 2. The lowest BCUT2D eigenvalue weighted by Crippen LogP contribution is -1.97. The molecule has 0 aliphatic rings. The van der Waals surface area contributed by atoms with Crippen LogP contribution >= 0.6 is 0 Å². The van der Waals surface area contributed by atoms with Gasteiger partial charge >= 0.3 is 0 Å². The molecule has 5 nitrogen and oxygen atoms in total. The highest BCUT2D eigenvalue weighted by molar-refractivity contribution is 7.91. The van der Waals surface area contributed by atoms with Gasteiger partial charge in [0, 0.05) is 24.6 Å².